The molecule has 0 saturated carbocycles. The van der Waals surface area contributed by atoms with Crippen LogP contribution in [0.2, 0.25) is 0 Å². The van der Waals surface area contributed by atoms with Crippen LogP contribution in [-0.4, -0.2) is 4.92 Å². The fourth-order valence-corrected chi connectivity index (χ4v) is 3.33. The molecule has 0 amide bonds. The predicted octanol–water partition coefficient (Wildman–Crippen LogP) is 5.11. The Kier molecular flexibility index (Phi) is 3.47. The summed E-state index contributed by atoms with van der Waals surface area (Å²) in [4.78, 5) is 10.5. The molecular formula is C21H15NO2. The molecule has 3 aromatic rings. The van der Waals surface area contributed by atoms with Crippen molar-refractivity contribution in [3.63, 3.8) is 0 Å². The topological polar surface area (TPSA) is 43.1 Å². The van der Waals surface area contributed by atoms with E-state index in [-0.39, 0.29) is 10.6 Å². The van der Waals surface area contributed by atoms with Gasteiger partial charge in [-0.1, -0.05) is 54.6 Å². The molecule has 0 atom stereocenters. The molecule has 0 heterocycles. The van der Waals surface area contributed by atoms with Crippen molar-refractivity contribution in [2.45, 2.75) is 6.42 Å². The Morgan fingerprint density at radius 2 is 1.42 bits per heavy atom. The van der Waals surface area contributed by atoms with E-state index < -0.39 is 0 Å². The molecule has 0 fully saturated rings. The van der Waals surface area contributed by atoms with E-state index >= 15 is 0 Å². The quantitative estimate of drug-likeness (QED) is 0.498. The molecular weight excluding hydrogens is 298 g/mol. The molecule has 0 unspecified atom stereocenters. The molecule has 0 bridgehead atoms. The van der Waals surface area contributed by atoms with Gasteiger partial charge < -0.3 is 0 Å². The van der Waals surface area contributed by atoms with Crippen LogP contribution >= 0.6 is 0 Å². The summed E-state index contributed by atoms with van der Waals surface area (Å²) in [5, 5.41) is 10.9. The van der Waals surface area contributed by atoms with Crippen LogP contribution < -0.4 is 0 Å². The number of nitrogens with zero attached hydrogens (tertiary/aromatic N) is 1. The van der Waals surface area contributed by atoms with Crippen LogP contribution in [0.5, 0.6) is 0 Å². The summed E-state index contributed by atoms with van der Waals surface area (Å²) < 4.78 is 0. The van der Waals surface area contributed by atoms with E-state index in [1.54, 1.807) is 12.1 Å². The van der Waals surface area contributed by atoms with Gasteiger partial charge in [0.2, 0.25) is 0 Å². The lowest BCUT2D eigenvalue weighted by molar-refractivity contribution is -0.384. The fraction of sp³-hybridized carbons (Fsp3) is 0.0476. The van der Waals surface area contributed by atoms with Crippen LogP contribution in [0.25, 0.3) is 11.1 Å². The van der Waals surface area contributed by atoms with E-state index in [9.17, 15) is 10.1 Å². The second-order valence-corrected chi connectivity index (χ2v) is 5.86. The molecule has 0 spiro atoms. The zero-order chi connectivity index (χ0) is 16.5. The molecule has 3 nitrogen and oxygen atoms in total. The molecule has 0 aliphatic heterocycles. The fourth-order valence-electron chi connectivity index (χ4n) is 3.33. The van der Waals surface area contributed by atoms with Crippen molar-refractivity contribution in [2.24, 2.45) is 0 Å². The van der Waals surface area contributed by atoms with Gasteiger partial charge in [-0.2, -0.15) is 0 Å². The number of hydrogen-bond acceptors (Lipinski definition) is 2. The number of rotatable bonds is 3. The number of hydrogen-bond donors (Lipinski definition) is 0. The Morgan fingerprint density at radius 1 is 0.750 bits per heavy atom. The minimum atomic E-state index is -0.361. The first-order chi connectivity index (χ1) is 11.7. The van der Waals surface area contributed by atoms with Crippen molar-refractivity contribution < 1.29 is 4.92 Å². The van der Waals surface area contributed by atoms with Crippen molar-refractivity contribution in [3.8, 4) is 0 Å². The van der Waals surface area contributed by atoms with Gasteiger partial charge in [0.25, 0.3) is 5.69 Å². The standard InChI is InChI=1S/C21H15NO2/c23-22(24)18-12-10-15(11-13-18)20-14-17-8-4-5-9-19(17)21(20)16-6-2-1-3-7-16/h1-13H,14H2. The van der Waals surface area contributed by atoms with Crippen molar-refractivity contribution in [3.05, 3.63) is 111 Å². The highest BCUT2D eigenvalue weighted by atomic mass is 16.6. The second-order valence-electron chi connectivity index (χ2n) is 5.86. The first-order valence-corrected chi connectivity index (χ1v) is 7.86. The summed E-state index contributed by atoms with van der Waals surface area (Å²) in [5.41, 5.74) is 7.32. The lowest BCUT2D eigenvalue weighted by atomic mass is 9.94. The van der Waals surface area contributed by atoms with Gasteiger partial charge in [-0.05, 0) is 52.0 Å². The van der Waals surface area contributed by atoms with Crippen LogP contribution in [0.3, 0.4) is 0 Å². The smallest absolute Gasteiger partial charge is 0.258 e. The third-order valence-electron chi connectivity index (χ3n) is 4.44. The van der Waals surface area contributed by atoms with Gasteiger partial charge in [0.05, 0.1) is 4.92 Å². The van der Waals surface area contributed by atoms with Gasteiger partial charge in [-0.15, -0.1) is 0 Å². The molecule has 3 aromatic carbocycles. The number of nitro benzene ring substituents is 1. The first kappa shape index (κ1) is 14.4. The molecule has 116 valence electrons. The molecule has 3 heteroatoms. The molecule has 0 saturated heterocycles. The molecule has 4 rings (SSSR count). The molecule has 1 aliphatic rings. The summed E-state index contributed by atoms with van der Waals surface area (Å²) in [5.74, 6) is 0. The van der Waals surface area contributed by atoms with E-state index in [2.05, 4.69) is 36.4 Å². The van der Waals surface area contributed by atoms with Crippen LogP contribution in [0.4, 0.5) is 5.69 Å². The largest absolute Gasteiger partial charge is 0.269 e. The number of nitro groups is 1. The maximum absolute atomic E-state index is 10.9. The summed E-state index contributed by atoms with van der Waals surface area (Å²) in [6.45, 7) is 0. The van der Waals surface area contributed by atoms with Crippen LogP contribution in [0.1, 0.15) is 22.3 Å². The molecule has 0 N–H and O–H groups in total. The number of allylic oxidation sites excluding steroid dienone is 1. The van der Waals surface area contributed by atoms with E-state index in [0.717, 1.165) is 12.0 Å². The first-order valence-electron chi connectivity index (χ1n) is 7.86. The summed E-state index contributed by atoms with van der Waals surface area (Å²) in [6.07, 6.45) is 0.845. The Bertz CT molecular complexity index is 941. The predicted molar refractivity (Wildman–Crippen MR) is 95.6 cm³/mol. The Hall–Kier alpha value is -3.20. The maximum atomic E-state index is 10.9. The zero-order valence-electron chi connectivity index (χ0n) is 13.0. The van der Waals surface area contributed by atoms with Gasteiger partial charge in [0, 0.05) is 12.1 Å². The minimum Gasteiger partial charge on any atom is -0.258 e. The third kappa shape index (κ3) is 2.40. The Balaban J connectivity index is 1.89. The Morgan fingerprint density at radius 3 is 2.12 bits per heavy atom. The third-order valence-corrected chi connectivity index (χ3v) is 4.44. The number of fused-ring (bicyclic) bond motifs is 1. The maximum Gasteiger partial charge on any atom is 0.269 e. The normalized spacial score (nSPS) is 13.0. The monoisotopic (exact) mass is 313 g/mol. The average molecular weight is 313 g/mol. The Labute approximate surface area is 140 Å². The van der Waals surface area contributed by atoms with Crippen molar-refractivity contribution in [2.75, 3.05) is 0 Å². The van der Waals surface area contributed by atoms with Crippen LogP contribution in [0.15, 0.2) is 78.9 Å². The lowest BCUT2D eigenvalue weighted by Gasteiger charge is -2.09. The van der Waals surface area contributed by atoms with Gasteiger partial charge in [-0.3, -0.25) is 10.1 Å². The van der Waals surface area contributed by atoms with Crippen molar-refractivity contribution in [1.29, 1.82) is 0 Å². The van der Waals surface area contributed by atoms with Crippen LogP contribution in [-0.2, 0) is 6.42 Å². The van der Waals surface area contributed by atoms with E-state index in [4.69, 9.17) is 0 Å². The average Bonchev–Trinajstić information content (AvgIpc) is 3.02. The van der Waals surface area contributed by atoms with Gasteiger partial charge in [-0.25, -0.2) is 0 Å². The van der Waals surface area contributed by atoms with Gasteiger partial charge in [0.15, 0.2) is 0 Å². The van der Waals surface area contributed by atoms with E-state index in [1.165, 1.54) is 27.8 Å². The molecule has 0 radical (unpaired) electrons. The molecule has 1 aliphatic carbocycles. The van der Waals surface area contributed by atoms with Crippen molar-refractivity contribution in [1.82, 2.24) is 0 Å². The lowest BCUT2D eigenvalue weighted by Crippen LogP contribution is -1.91. The molecule has 24 heavy (non-hydrogen) atoms. The van der Waals surface area contributed by atoms with Gasteiger partial charge >= 0.3 is 0 Å². The SMILES string of the molecule is O=[N+]([O-])c1ccc(C2=C(c3ccccc3)c3ccccc3C2)cc1. The van der Waals surface area contributed by atoms with Crippen molar-refractivity contribution >= 4 is 16.8 Å². The summed E-state index contributed by atoms with van der Waals surface area (Å²) in [6, 6.07) is 25.6. The minimum absolute atomic E-state index is 0.121. The number of non-ortho nitro benzene ring substituents is 1. The zero-order valence-corrected chi connectivity index (χ0v) is 13.0. The second kappa shape index (κ2) is 5.78. The number of benzene rings is 3. The van der Waals surface area contributed by atoms with E-state index in [0.29, 0.717) is 0 Å². The van der Waals surface area contributed by atoms with Crippen LogP contribution in [0, 0.1) is 10.1 Å². The van der Waals surface area contributed by atoms with E-state index in [1.807, 2.05) is 30.3 Å². The van der Waals surface area contributed by atoms with Gasteiger partial charge in [0.1, 0.15) is 0 Å². The highest BCUT2D eigenvalue weighted by Gasteiger charge is 2.23. The summed E-state index contributed by atoms with van der Waals surface area (Å²) in [7, 11) is 0. The highest BCUT2D eigenvalue weighted by Crippen LogP contribution is 2.42. The highest BCUT2D eigenvalue weighted by molar-refractivity contribution is 6.03. The summed E-state index contributed by atoms with van der Waals surface area (Å²) >= 11 is 0. The molecule has 0 aromatic heterocycles.